The molecule has 2 aromatic carbocycles. The van der Waals surface area contributed by atoms with Gasteiger partial charge in [0, 0.05) is 30.2 Å². The monoisotopic (exact) mass is 512 g/mol. The Morgan fingerprint density at radius 2 is 1.73 bits per heavy atom. The Hall–Kier alpha value is -4.08. The number of pyridine rings is 1. The van der Waals surface area contributed by atoms with E-state index >= 15 is 0 Å². The highest BCUT2D eigenvalue weighted by Gasteiger charge is 2.22. The first-order chi connectivity index (χ1) is 17.7. The number of hydrogen-bond donors (Lipinski definition) is 1. The summed E-state index contributed by atoms with van der Waals surface area (Å²) in [4.78, 5) is 22.2. The quantitative estimate of drug-likeness (QED) is 0.336. The van der Waals surface area contributed by atoms with Gasteiger partial charge in [0.05, 0.1) is 31.2 Å². The Labute approximate surface area is 211 Å². The SMILES string of the molecule is COc1cccc(Cc2cc3c(N[C@H](C)c4cccc(C(F)F)c4F)nc(C)nc3n(C)c2=O)c1OC. The number of ether oxygens (including phenoxy) is 2. The van der Waals surface area contributed by atoms with Crippen LogP contribution in [0.2, 0.25) is 0 Å². The number of aryl methyl sites for hydroxylation is 2. The zero-order valence-electron chi connectivity index (χ0n) is 21.1. The second kappa shape index (κ2) is 10.5. The normalized spacial score (nSPS) is 12.1. The molecule has 7 nitrogen and oxygen atoms in total. The number of nitrogens with one attached hydrogen (secondary N) is 1. The summed E-state index contributed by atoms with van der Waals surface area (Å²) >= 11 is 0. The van der Waals surface area contributed by atoms with Gasteiger partial charge in [-0.3, -0.25) is 9.36 Å². The fraction of sp³-hybridized carbons (Fsp3) is 0.296. The Morgan fingerprint density at radius 3 is 2.41 bits per heavy atom. The smallest absolute Gasteiger partial charge is 0.266 e. The zero-order valence-corrected chi connectivity index (χ0v) is 21.1. The van der Waals surface area contributed by atoms with Gasteiger partial charge in [-0.1, -0.05) is 30.3 Å². The minimum atomic E-state index is -2.93. The van der Waals surface area contributed by atoms with Crippen LogP contribution in [-0.2, 0) is 13.5 Å². The van der Waals surface area contributed by atoms with E-state index in [1.807, 2.05) is 12.1 Å². The van der Waals surface area contributed by atoms with Crippen molar-refractivity contribution in [3.63, 3.8) is 0 Å². The maximum atomic E-state index is 14.8. The minimum Gasteiger partial charge on any atom is -0.493 e. The number of para-hydroxylation sites is 1. The lowest BCUT2D eigenvalue weighted by Gasteiger charge is -2.19. The van der Waals surface area contributed by atoms with Crippen LogP contribution in [-0.4, -0.2) is 28.8 Å². The van der Waals surface area contributed by atoms with Crippen LogP contribution >= 0.6 is 0 Å². The molecule has 0 spiro atoms. The average Bonchev–Trinajstić information content (AvgIpc) is 2.87. The first kappa shape index (κ1) is 26.0. The summed E-state index contributed by atoms with van der Waals surface area (Å²) in [6.45, 7) is 3.33. The first-order valence-electron chi connectivity index (χ1n) is 11.6. The molecule has 37 heavy (non-hydrogen) atoms. The molecule has 0 saturated heterocycles. The van der Waals surface area contributed by atoms with Crippen LogP contribution in [0, 0.1) is 12.7 Å². The van der Waals surface area contributed by atoms with E-state index in [1.54, 1.807) is 33.0 Å². The molecule has 0 aliphatic carbocycles. The molecule has 1 N–H and O–H groups in total. The fourth-order valence-electron chi connectivity index (χ4n) is 4.39. The van der Waals surface area contributed by atoms with Gasteiger partial charge in [0.15, 0.2) is 11.5 Å². The number of anilines is 1. The molecule has 0 aliphatic rings. The van der Waals surface area contributed by atoms with Crippen LogP contribution in [0.4, 0.5) is 19.0 Å². The second-order valence-corrected chi connectivity index (χ2v) is 8.64. The van der Waals surface area contributed by atoms with Crippen LogP contribution in [0.25, 0.3) is 11.0 Å². The van der Waals surface area contributed by atoms with E-state index in [0.29, 0.717) is 39.7 Å². The van der Waals surface area contributed by atoms with Crippen LogP contribution in [0.5, 0.6) is 11.5 Å². The standard InChI is InChI=1S/C27H27F3N4O3/c1-14(18-9-7-10-19(22(18)28)24(29)30)31-25-20-13-17(27(35)34(3)26(20)33-15(2)32-25)12-16-8-6-11-21(36-4)23(16)37-5/h6-11,13-14,24H,12H2,1-5H3,(H,31,32,33)/t14-/m1/s1. The number of rotatable bonds is 8. The van der Waals surface area contributed by atoms with E-state index < -0.39 is 23.8 Å². The summed E-state index contributed by atoms with van der Waals surface area (Å²) < 4.78 is 53.6. The Bertz CT molecular complexity index is 1520. The highest BCUT2D eigenvalue weighted by molar-refractivity contribution is 5.87. The third-order valence-electron chi connectivity index (χ3n) is 6.23. The number of alkyl halides is 2. The lowest BCUT2D eigenvalue weighted by Crippen LogP contribution is -2.23. The van der Waals surface area contributed by atoms with Crippen molar-refractivity contribution >= 4 is 16.9 Å². The molecular weight excluding hydrogens is 485 g/mol. The fourth-order valence-corrected chi connectivity index (χ4v) is 4.39. The molecule has 0 fully saturated rings. The molecule has 194 valence electrons. The number of fused-ring (bicyclic) bond motifs is 1. The van der Waals surface area contributed by atoms with Gasteiger partial charge in [-0.25, -0.2) is 23.1 Å². The molecule has 0 saturated carbocycles. The van der Waals surface area contributed by atoms with Crippen molar-refractivity contribution in [1.29, 1.82) is 0 Å². The summed E-state index contributed by atoms with van der Waals surface area (Å²) in [6.07, 6.45) is -2.68. The maximum absolute atomic E-state index is 14.8. The molecule has 10 heteroatoms. The molecule has 0 bridgehead atoms. The van der Waals surface area contributed by atoms with E-state index in [2.05, 4.69) is 15.3 Å². The zero-order chi connectivity index (χ0) is 26.9. The second-order valence-electron chi connectivity index (χ2n) is 8.64. The summed E-state index contributed by atoms with van der Waals surface area (Å²) in [5, 5.41) is 3.66. The summed E-state index contributed by atoms with van der Waals surface area (Å²) in [5.74, 6) is 0.841. The maximum Gasteiger partial charge on any atom is 0.266 e. The molecule has 2 aromatic heterocycles. The lowest BCUT2D eigenvalue weighted by atomic mass is 10.0. The van der Waals surface area contributed by atoms with E-state index in [0.717, 1.165) is 11.6 Å². The molecular formula is C27H27F3N4O3. The molecule has 0 aliphatic heterocycles. The first-order valence-corrected chi connectivity index (χ1v) is 11.6. The van der Waals surface area contributed by atoms with Gasteiger partial charge >= 0.3 is 0 Å². The lowest BCUT2D eigenvalue weighted by molar-refractivity contribution is 0.146. The van der Waals surface area contributed by atoms with Gasteiger partial charge in [0.2, 0.25) is 0 Å². The molecule has 0 radical (unpaired) electrons. The topological polar surface area (TPSA) is 78.3 Å². The van der Waals surface area contributed by atoms with Gasteiger partial charge in [-0.15, -0.1) is 0 Å². The number of benzene rings is 2. The van der Waals surface area contributed by atoms with Crippen molar-refractivity contribution < 1.29 is 22.6 Å². The van der Waals surface area contributed by atoms with Crippen molar-refractivity contribution in [2.24, 2.45) is 7.05 Å². The van der Waals surface area contributed by atoms with Crippen molar-refractivity contribution in [1.82, 2.24) is 14.5 Å². The van der Waals surface area contributed by atoms with E-state index in [9.17, 15) is 18.0 Å². The van der Waals surface area contributed by atoms with E-state index in [1.165, 1.54) is 30.9 Å². The molecule has 1 atom stereocenters. The highest BCUT2D eigenvalue weighted by Crippen LogP contribution is 2.33. The summed E-state index contributed by atoms with van der Waals surface area (Å²) in [6, 6.07) is 10.3. The predicted octanol–water partition coefficient (Wildman–Crippen LogP) is 5.49. The van der Waals surface area contributed by atoms with E-state index in [4.69, 9.17) is 9.47 Å². The molecule has 4 aromatic rings. The third kappa shape index (κ3) is 4.96. The van der Waals surface area contributed by atoms with Crippen LogP contribution in [0.15, 0.2) is 47.3 Å². The van der Waals surface area contributed by atoms with Crippen molar-refractivity contribution in [3.8, 4) is 11.5 Å². The number of nitrogens with zero attached hydrogens (tertiary/aromatic N) is 3. The summed E-state index contributed by atoms with van der Waals surface area (Å²) in [5.41, 5.74) is 0.761. The Kier molecular flexibility index (Phi) is 7.37. The average molecular weight is 513 g/mol. The van der Waals surface area contributed by atoms with E-state index in [-0.39, 0.29) is 17.5 Å². The number of methoxy groups -OCH3 is 2. The molecule has 0 unspecified atom stereocenters. The predicted molar refractivity (Wildman–Crippen MR) is 135 cm³/mol. The number of aromatic nitrogens is 3. The summed E-state index contributed by atoms with van der Waals surface area (Å²) in [7, 11) is 4.68. The number of halogens is 3. The van der Waals surface area contributed by atoms with Gasteiger partial charge in [-0.2, -0.15) is 0 Å². The van der Waals surface area contributed by atoms with Gasteiger partial charge in [0.25, 0.3) is 12.0 Å². The van der Waals surface area contributed by atoms with Crippen LogP contribution < -0.4 is 20.3 Å². The van der Waals surface area contributed by atoms with Crippen molar-refractivity contribution in [2.75, 3.05) is 19.5 Å². The molecule has 2 heterocycles. The Morgan fingerprint density at radius 1 is 1.03 bits per heavy atom. The largest absolute Gasteiger partial charge is 0.493 e. The molecule has 4 rings (SSSR count). The Balaban J connectivity index is 1.81. The van der Waals surface area contributed by atoms with Gasteiger partial charge < -0.3 is 14.8 Å². The molecule has 0 amide bonds. The number of hydrogen-bond acceptors (Lipinski definition) is 6. The van der Waals surface area contributed by atoms with Gasteiger partial charge in [-0.05, 0) is 26.0 Å². The van der Waals surface area contributed by atoms with Gasteiger partial charge in [0.1, 0.15) is 23.1 Å². The van der Waals surface area contributed by atoms with Crippen LogP contribution in [0.3, 0.4) is 0 Å². The third-order valence-corrected chi connectivity index (χ3v) is 6.23. The van der Waals surface area contributed by atoms with Crippen molar-refractivity contribution in [3.05, 3.63) is 86.7 Å². The van der Waals surface area contributed by atoms with Crippen molar-refractivity contribution in [2.45, 2.75) is 32.7 Å². The highest BCUT2D eigenvalue weighted by atomic mass is 19.3. The minimum absolute atomic E-state index is 0.0772. The van der Waals surface area contributed by atoms with Crippen LogP contribution in [0.1, 0.15) is 47.5 Å².